The molecule has 0 unspecified atom stereocenters. The Hall–Kier alpha value is -2.38. The zero-order chi connectivity index (χ0) is 17.3. The van der Waals surface area contributed by atoms with Crippen LogP contribution in [-0.2, 0) is 6.54 Å². The molecule has 2 aromatic carbocycles. The van der Waals surface area contributed by atoms with Crippen LogP contribution in [0.3, 0.4) is 0 Å². The molecule has 0 saturated carbocycles. The smallest absolute Gasteiger partial charge is 0.214 e. The molecule has 1 aromatic heterocycles. The first-order valence-corrected chi connectivity index (χ1v) is 9.24. The number of ether oxygens (including phenoxy) is 1. The van der Waals surface area contributed by atoms with Gasteiger partial charge in [-0.1, -0.05) is 42.1 Å². The van der Waals surface area contributed by atoms with E-state index in [1.54, 1.807) is 16.4 Å². The Kier molecular flexibility index (Phi) is 6.42. The van der Waals surface area contributed by atoms with Crippen LogP contribution in [-0.4, -0.2) is 39.1 Å². The Morgan fingerprint density at radius 1 is 1.08 bits per heavy atom. The van der Waals surface area contributed by atoms with Crippen LogP contribution in [0.1, 0.15) is 12.5 Å². The molecule has 0 aliphatic rings. The normalized spacial score (nSPS) is 10.8. The second kappa shape index (κ2) is 9.19. The first kappa shape index (κ1) is 17.4. The fraction of sp³-hybridized carbons (Fsp3) is 0.278. The van der Waals surface area contributed by atoms with Crippen molar-refractivity contribution in [2.45, 2.75) is 18.6 Å². The maximum atomic E-state index is 5.45. The summed E-state index contributed by atoms with van der Waals surface area (Å²) in [6.07, 6.45) is 0. The van der Waals surface area contributed by atoms with Crippen molar-refractivity contribution in [2.75, 3.05) is 18.9 Å². The van der Waals surface area contributed by atoms with Crippen molar-refractivity contribution in [1.82, 2.24) is 25.5 Å². The molecular formula is C18H21N5OS. The summed E-state index contributed by atoms with van der Waals surface area (Å²) in [6.45, 7) is 4.38. The minimum absolute atomic E-state index is 0.692. The van der Waals surface area contributed by atoms with Gasteiger partial charge in [-0.05, 0) is 47.2 Å². The summed E-state index contributed by atoms with van der Waals surface area (Å²) in [5.41, 5.74) is 2.21. The van der Waals surface area contributed by atoms with E-state index in [-0.39, 0.29) is 0 Å². The van der Waals surface area contributed by atoms with Crippen LogP contribution in [0.2, 0.25) is 0 Å². The molecule has 0 saturated heterocycles. The predicted molar refractivity (Wildman–Crippen MR) is 99.2 cm³/mol. The van der Waals surface area contributed by atoms with Gasteiger partial charge >= 0.3 is 0 Å². The summed E-state index contributed by atoms with van der Waals surface area (Å²) >= 11 is 1.64. The maximum Gasteiger partial charge on any atom is 0.214 e. The number of benzene rings is 2. The van der Waals surface area contributed by atoms with Crippen molar-refractivity contribution < 1.29 is 4.74 Å². The third-order valence-electron chi connectivity index (χ3n) is 3.52. The van der Waals surface area contributed by atoms with E-state index < -0.39 is 0 Å². The Morgan fingerprint density at radius 2 is 1.88 bits per heavy atom. The standard InChI is InChI=1S/C18H21N5OS/c1-2-24-17-10-8-15(9-11-17)14-19-12-13-25-18-20-21-22-23(18)16-6-4-3-5-7-16/h3-11,19H,2,12-14H2,1H3. The zero-order valence-electron chi connectivity index (χ0n) is 14.1. The maximum absolute atomic E-state index is 5.45. The van der Waals surface area contributed by atoms with Gasteiger partial charge in [0.2, 0.25) is 5.16 Å². The molecule has 130 valence electrons. The van der Waals surface area contributed by atoms with Crippen molar-refractivity contribution in [2.24, 2.45) is 0 Å². The number of hydrogen-bond donors (Lipinski definition) is 1. The molecule has 3 aromatic rings. The zero-order valence-corrected chi connectivity index (χ0v) is 14.9. The van der Waals surface area contributed by atoms with Gasteiger partial charge < -0.3 is 10.1 Å². The second-order valence-electron chi connectivity index (χ2n) is 5.31. The topological polar surface area (TPSA) is 64.9 Å². The quantitative estimate of drug-likeness (QED) is 0.470. The van der Waals surface area contributed by atoms with Gasteiger partial charge in [0.1, 0.15) is 5.75 Å². The monoisotopic (exact) mass is 355 g/mol. The minimum Gasteiger partial charge on any atom is -0.494 e. The molecule has 0 amide bonds. The molecule has 0 atom stereocenters. The molecule has 1 N–H and O–H groups in total. The average molecular weight is 355 g/mol. The fourth-order valence-electron chi connectivity index (χ4n) is 2.32. The largest absolute Gasteiger partial charge is 0.494 e. The van der Waals surface area contributed by atoms with Crippen LogP contribution in [0.4, 0.5) is 0 Å². The summed E-state index contributed by atoms with van der Waals surface area (Å²) < 4.78 is 7.21. The average Bonchev–Trinajstić information content (AvgIpc) is 3.12. The molecule has 0 fully saturated rings. The highest BCUT2D eigenvalue weighted by Crippen LogP contribution is 2.17. The van der Waals surface area contributed by atoms with Gasteiger partial charge in [0.15, 0.2) is 0 Å². The number of aromatic nitrogens is 4. The number of para-hydroxylation sites is 1. The molecule has 25 heavy (non-hydrogen) atoms. The highest BCUT2D eigenvalue weighted by molar-refractivity contribution is 7.99. The van der Waals surface area contributed by atoms with Crippen LogP contribution in [0, 0.1) is 0 Å². The van der Waals surface area contributed by atoms with E-state index in [4.69, 9.17) is 4.74 Å². The summed E-state index contributed by atoms with van der Waals surface area (Å²) in [4.78, 5) is 0. The summed E-state index contributed by atoms with van der Waals surface area (Å²) in [7, 11) is 0. The van der Waals surface area contributed by atoms with E-state index in [1.165, 1.54) is 5.56 Å². The Morgan fingerprint density at radius 3 is 2.64 bits per heavy atom. The van der Waals surface area contributed by atoms with Crippen LogP contribution < -0.4 is 10.1 Å². The molecule has 1 heterocycles. The summed E-state index contributed by atoms with van der Waals surface area (Å²) in [5.74, 6) is 1.80. The number of tetrazole rings is 1. The number of nitrogens with zero attached hydrogens (tertiary/aromatic N) is 4. The second-order valence-corrected chi connectivity index (χ2v) is 6.37. The molecule has 6 nitrogen and oxygen atoms in total. The lowest BCUT2D eigenvalue weighted by molar-refractivity contribution is 0.340. The molecule has 0 radical (unpaired) electrons. The van der Waals surface area contributed by atoms with E-state index in [0.717, 1.165) is 35.4 Å². The van der Waals surface area contributed by atoms with Gasteiger partial charge in [-0.3, -0.25) is 0 Å². The van der Waals surface area contributed by atoms with Crippen molar-refractivity contribution in [3.63, 3.8) is 0 Å². The number of hydrogen-bond acceptors (Lipinski definition) is 6. The van der Waals surface area contributed by atoms with Gasteiger partial charge in [-0.2, -0.15) is 4.68 Å². The van der Waals surface area contributed by atoms with E-state index in [9.17, 15) is 0 Å². The van der Waals surface area contributed by atoms with E-state index in [2.05, 4.69) is 33.0 Å². The fourth-order valence-corrected chi connectivity index (χ4v) is 3.11. The van der Waals surface area contributed by atoms with Crippen LogP contribution in [0.25, 0.3) is 5.69 Å². The highest BCUT2D eigenvalue weighted by atomic mass is 32.2. The van der Waals surface area contributed by atoms with E-state index >= 15 is 0 Å². The lowest BCUT2D eigenvalue weighted by Crippen LogP contribution is -2.16. The van der Waals surface area contributed by atoms with Gasteiger partial charge in [-0.25, -0.2) is 0 Å². The summed E-state index contributed by atoms with van der Waals surface area (Å²) in [5, 5.41) is 16.2. The minimum atomic E-state index is 0.692. The Balaban J connectivity index is 1.43. The van der Waals surface area contributed by atoms with Crippen molar-refractivity contribution in [3.8, 4) is 11.4 Å². The molecule has 3 rings (SSSR count). The third kappa shape index (κ3) is 5.04. The SMILES string of the molecule is CCOc1ccc(CNCCSc2nnnn2-c2ccccc2)cc1. The molecule has 0 aliphatic carbocycles. The van der Waals surface area contributed by atoms with Crippen LogP contribution in [0.5, 0.6) is 5.75 Å². The molecule has 0 bridgehead atoms. The number of nitrogens with one attached hydrogen (secondary N) is 1. The van der Waals surface area contributed by atoms with Crippen molar-refractivity contribution in [1.29, 1.82) is 0 Å². The van der Waals surface area contributed by atoms with Crippen LogP contribution in [0.15, 0.2) is 59.8 Å². The van der Waals surface area contributed by atoms with Crippen molar-refractivity contribution in [3.05, 3.63) is 60.2 Å². The van der Waals surface area contributed by atoms with Crippen LogP contribution >= 0.6 is 11.8 Å². The van der Waals surface area contributed by atoms with Gasteiger partial charge in [0.05, 0.1) is 12.3 Å². The first-order valence-electron chi connectivity index (χ1n) is 8.26. The third-order valence-corrected chi connectivity index (χ3v) is 4.44. The van der Waals surface area contributed by atoms with Crippen molar-refractivity contribution >= 4 is 11.8 Å². The first-order chi connectivity index (χ1) is 12.4. The number of rotatable bonds is 9. The van der Waals surface area contributed by atoms with Gasteiger partial charge in [0.25, 0.3) is 0 Å². The molecular weight excluding hydrogens is 334 g/mol. The lowest BCUT2D eigenvalue weighted by atomic mass is 10.2. The number of thioether (sulfide) groups is 1. The van der Waals surface area contributed by atoms with E-state index in [0.29, 0.717) is 6.61 Å². The molecule has 7 heteroatoms. The van der Waals surface area contributed by atoms with E-state index in [1.807, 2.05) is 49.4 Å². The Bertz CT molecular complexity index is 761. The lowest BCUT2D eigenvalue weighted by Gasteiger charge is -2.07. The predicted octanol–water partition coefficient (Wildman–Crippen LogP) is 2.94. The van der Waals surface area contributed by atoms with Gasteiger partial charge in [-0.15, -0.1) is 5.10 Å². The Labute approximate surface area is 151 Å². The van der Waals surface area contributed by atoms with Gasteiger partial charge in [0, 0.05) is 18.8 Å². The molecule has 0 aliphatic heterocycles. The molecule has 0 spiro atoms. The summed E-state index contributed by atoms with van der Waals surface area (Å²) in [6, 6.07) is 18.1. The highest BCUT2D eigenvalue weighted by Gasteiger charge is 2.07.